The van der Waals surface area contributed by atoms with E-state index in [1.54, 1.807) is 14.0 Å². The smallest absolute Gasteiger partial charge is 0.311 e. The average Bonchev–Trinajstić information content (AvgIpc) is 2.89. The monoisotopic (exact) mass is 506 g/mol. The van der Waals surface area contributed by atoms with E-state index in [0.717, 1.165) is 57.8 Å². The molecule has 0 aliphatic heterocycles. The van der Waals surface area contributed by atoms with Crippen LogP contribution in [0.3, 0.4) is 0 Å². The molecule has 1 unspecified atom stereocenters. The Morgan fingerprint density at radius 1 is 0.694 bits per heavy atom. The van der Waals surface area contributed by atoms with Gasteiger partial charge in [0.2, 0.25) is 18.1 Å². The highest BCUT2D eigenvalue weighted by molar-refractivity contribution is 5.81. The Hall–Kier alpha value is -1.96. The number of nitrogens with one attached hydrogen (secondary N) is 2. The number of ether oxygens (including phenoxy) is 2. The highest BCUT2D eigenvalue weighted by Crippen LogP contribution is 2.32. The molecule has 3 aliphatic rings. The first-order chi connectivity index (χ1) is 17.3. The highest BCUT2D eigenvalue weighted by Gasteiger charge is 2.34. The number of Topliss-reactive ketones (excluding diaryl/α,β-unsaturated/α-hetero) is 1. The Morgan fingerprint density at radius 3 is 1.50 bits per heavy atom. The van der Waals surface area contributed by atoms with E-state index in [1.807, 2.05) is 6.92 Å². The molecule has 0 aromatic rings. The number of amides is 2. The second kappa shape index (κ2) is 14.1. The van der Waals surface area contributed by atoms with Crippen LogP contribution in [0.4, 0.5) is 0 Å². The van der Waals surface area contributed by atoms with Crippen LogP contribution in [-0.4, -0.2) is 49.1 Å². The maximum Gasteiger partial charge on any atom is 0.311 e. The Bertz CT molecular complexity index is 747. The lowest BCUT2D eigenvalue weighted by Gasteiger charge is -2.33. The van der Waals surface area contributed by atoms with E-state index in [2.05, 4.69) is 10.6 Å². The van der Waals surface area contributed by atoms with Crippen LogP contribution in [0.15, 0.2) is 0 Å². The van der Waals surface area contributed by atoms with Gasteiger partial charge in [-0.05, 0) is 84.0 Å². The molecule has 3 aliphatic carbocycles. The average molecular weight is 507 g/mol. The first kappa shape index (κ1) is 28.6. The van der Waals surface area contributed by atoms with Gasteiger partial charge in [-0.1, -0.05) is 13.3 Å². The van der Waals surface area contributed by atoms with Crippen molar-refractivity contribution in [3.8, 4) is 0 Å². The van der Waals surface area contributed by atoms with Crippen molar-refractivity contribution in [2.24, 2.45) is 23.7 Å². The molecule has 0 aromatic carbocycles. The molecule has 2 amide bonds. The van der Waals surface area contributed by atoms with E-state index in [9.17, 15) is 19.2 Å². The predicted octanol–water partition coefficient (Wildman–Crippen LogP) is 4.05. The van der Waals surface area contributed by atoms with Crippen molar-refractivity contribution in [1.29, 1.82) is 0 Å². The third-order valence-corrected chi connectivity index (χ3v) is 8.56. The van der Waals surface area contributed by atoms with Crippen molar-refractivity contribution in [2.75, 3.05) is 7.11 Å². The number of rotatable bonds is 10. The molecule has 0 heterocycles. The van der Waals surface area contributed by atoms with E-state index < -0.39 is 6.29 Å². The fraction of sp³-hybridized carbons (Fsp3) is 0.857. The highest BCUT2D eigenvalue weighted by atomic mass is 16.7. The minimum absolute atomic E-state index is 0.0254. The number of hydrogen-bond donors (Lipinski definition) is 2. The van der Waals surface area contributed by atoms with Crippen molar-refractivity contribution in [2.45, 2.75) is 122 Å². The first-order valence-electron chi connectivity index (χ1n) is 14.1. The third kappa shape index (κ3) is 8.29. The quantitative estimate of drug-likeness (QED) is 0.342. The molecule has 0 radical (unpaired) electrons. The molecule has 0 spiro atoms. The fourth-order valence-corrected chi connectivity index (χ4v) is 6.06. The van der Waals surface area contributed by atoms with Crippen molar-refractivity contribution in [1.82, 2.24) is 10.6 Å². The molecule has 3 fully saturated rings. The van der Waals surface area contributed by atoms with E-state index >= 15 is 0 Å². The van der Waals surface area contributed by atoms with Crippen LogP contribution in [0.1, 0.15) is 104 Å². The Kier molecular flexibility index (Phi) is 11.2. The van der Waals surface area contributed by atoms with Gasteiger partial charge in [0, 0.05) is 43.4 Å². The normalized spacial score (nSPS) is 31.6. The van der Waals surface area contributed by atoms with Crippen LogP contribution >= 0.6 is 0 Å². The molecule has 36 heavy (non-hydrogen) atoms. The molecule has 1 atom stereocenters. The Labute approximate surface area is 216 Å². The van der Waals surface area contributed by atoms with Crippen molar-refractivity contribution in [3.63, 3.8) is 0 Å². The number of hydrogen-bond acceptors (Lipinski definition) is 6. The molecule has 0 aromatic heterocycles. The molecule has 2 N–H and O–H groups in total. The zero-order valence-corrected chi connectivity index (χ0v) is 22.4. The molecular weight excluding hydrogens is 460 g/mol. The summed E-state index contributed by atoms with van der Waals surface area (Å²) >= 11 is 0. The van der Waals surface area contributed by atoms with Crippen LogP contribution in [0.5, 0.6) is 0 Å². The number of carbonyl (C=O) groups excluding carboxylic acids is 4. The van der Waals surface area contributed by atoms with E-state index in [1.165, 1.54) is 0 Å². The molecule has 204 valence electrons. The molecule has 0 bridgehead atoms. The SMILES string of the molecule is CCCC(OC)OC(=O)C1CCC(C(=O)NC2CCC(NC(=O)C3CCC(C(C)=O)CC3)CC2)CC1. The summed E-state index contributed by atoms with van der Waals surface area (Å²) in [6, 6.07) is 0.317. The Morgan fingerprint density at radius 2 is 1.11 bits per heavy atom. The van der Waals surface area contributed by atoms with Gasteiger partial charge in [0.25, 0.3) is 0 Å². The lowest BCUT2D eigenvalue weighted by atomic mass is 9.79. The summed E-state index contributed by atoms with van der Waals surface area (Å²) < 4.78 is 10.7. The summed E-state index contributed by atoms with van der Waals surface area (Å²) in [6.07, 6.45) is 10.6. The van der Waals surface area contributed by atoms with E-state index in [4.69, 9.17) is 9.47 Å². The summed E-state index contributed by atoms with van der Waals surface area (Å²) in [7, 11) is 1.55. The molecule has 3 rings (SSSR count). The van der Waals surface area contributed by atoms with Gasteiger partial charge in [0.05, 0.1) is 5.92 Å². The zero-order chi connectivity index (χ0) is 26.1. The number of ketones is 1. The van der Waals surface area contributed by atoms with Crippen LogP contribution in [0.25, 0.3) is 0 Å². The van der Waals surface area contributed by atoms with Crippen molar-refractivity contribution >= 4 is 23.6 Å². The molecule has 3 saturated carbocycles. The second-order valence-electron chi connectivity index (χ2n) is 11.2. The maximum absolute atomic E-state index is 12.9. The number of carbonyl (C=O) groups is 4. The summed E-state index contributed by atoms with van der Waals surface area (Å²) in [5, 5.41) is 6.45. The minimum Gasteiger partial charge on any atom is -0.436 e. The van der Waals surface area contributed by atoms with Gasteiger partial charge < -0.3 is 20.1 Å². The van der Waals surface area contributed by atoms with Gasteiger partial charge >= 0.3 is 5.97 Å². The van der Waals surface area contributed by atoms with Gasteiger partial charge in [0.1, 0.15) is 5.78 Å². The largest absolute Gasteiger partial charge is 0.436 e. The van der Waals surface area contributed by atoms with Crippen LogP contribution in [0, 0.1) is 23.7 Å². The lowest BCUT2D eigenvalue weighted by Crippen LogP contribution is -2.47. The summed E-state index contributed by atoms with van der Waals surface area (Å²) in [5.74, 6) is 0.214. The molecule has 8 heteroatoms. The third-order valence-electron chi connectivity index (χ3n) is 8.56. The topological polar surface area (TPSA) is 111 Å². The summed E-state index contributed by atoms with van der Waals surface area (Å²) in [4.78, 5) is 49.5. The first-order valence-corrected chi connectivity index (χ1v) is 14.1. The van der Waals surface area contributed by atoms with Crippen molar-refractivity contribution in [3.05, 3.63) is 0 Å². The van der Waals surface area contributed by atoms with Gasteiger partial charge in [-0.2, -0.15) is 0 Å². The van der Waals surface area contributed by atoms with Crippen LogP contribution < -0.4 is 10.6 Å². The lowest BCUT2D eigenvalue weighted by molar-refractivity contribution is -0.181. The van der Waals surface area contributed by atoms with Crippen molar-refractivity contribution < 1.29 is 28.7 Å². The molecule has 0 saturated heterocycles. The van der Waals surface area contributed by atoms with E-state index in [0.29, 0.717) is 32.1 Å². The molecular formula is C28H46N2O6. The second-order valence-corrected chi connectivity index (χ2v) is 11.2. The summed E-state index contributed by atoms with van der Waals surface area (Å²) in [5.41, 5.74) is 0. The van der Waals surface area contributed by atoms with Gasteiger partial charge in [-0.15, -0.1) is 0 Å². The maximum atomic E-state index is 12.9. The van der Waals surface area contributed by atoms with Gasteiger partial charge in [-0.3, -0.25) is 19.2 Å². The Balaban J connectivity index is 1.32. The standard InChI is InChI=1S/C28H46N2O6/c1-4-5-25(35-3)36-28(34)22-12-10-21(11-13-22)27(33)30-24-16-14-23(15-17-24)29-26(32)20-8-6-19(7-9-20)18(2)31/h19-25H,4-17H2,1-3H3,(H,29,32)(H,30,33). The van der Waals surface area contributed by atoms with Crippen LogP contribution in [-0.2, 0) is 28.7 Å². The predicted molar refractivity (Wildman–Crippen MR) is 136 cm³/mol. The van der Waals surface area contributed by atoms with Crippen LogP contribution in [0.2, 0.25) is 0 Å². The summed E-state index contributed by atoms with van der Waals surface area (Å²) in [6.45, 7) is 3.67. The van der Waals surface area contributed by atoms with E-state index in [-0.39, 0.29) is 59.3 Å². The molecule has 8 nitrogen and oxygen atoms in total. The fourth-order valence-electron chi connectivity index (χ4n) is 6.06. The number of methoxy groups -OCH3 is 1. The minimum atomic E-state index is -0.481. The number of esters is 1. The van der Waals surface area contributed by atoms with Gasteiger partial charge in [0.15, 0.2) is 0 Å². The van der Waals surface area contributed by atoms with Gasteiger partial charge in [-0.25, -0.2) is 0 Å². The zero-order valence-electron chi connectivity index (χ0n) is 22.4.